The van der Waals surface area contributed by atoms with Gasteiger partial charge in [0, 0.05) is 11.6 Å². The largest absolute Gasteiger partial charge is 0.497 e. The Labute approximate surface area is 137 Å². The SMILES string of the molecule is COc1cc(B2OC(C)(C)C(C)(C)O2)cc(C(=O)NC2CC2)c1. The van der Waals surface area contributed by atoms with E-state index < -0.39 is 18.3 Å². The lowest BCUT2D eigenvalue weighted by Gasteiger charge is -2.32. The Hall–Kier alpha value is -1.53. The fourth-order valence-corrected chi connectivity index (χ4v) is 2.48. The standard InChI is InChI=1S/C17H24BNO4/c1-16(2)17(3,4)23-18(22-16)12-8-11(9-14(10-12)21-5)15(20)19-13-6-7-13/h8-10,13H,6-7H2,1-5H3,(H,19,20). The number of amides is 1. The average Bonchev–Trinajstić information content (AvgIpc) is 3.25. The summed E-state index contributed by atoms with van der Waals surface area (Å²) in [6, 6.07) is 5.74. The molecule has 0 radical (unpaired) electrons. The van der Waals surface area contributed by atoms with Crippen LogP contribution in [-0.2, 0) is 9.31 Å². The second-order valence-electron chi connectivity index (χ2n) is 7.33. The second-order valence-corrected chi connectivity index (χ2v) is 7.33. The van der Waals surface area contributed by atoms with Crippen LogP contribution < -0.4 is 15.5 Å². The van der Waals surface area contributed by atoms with Gasteiger partial charge in [-0.25, -0.2) is 0 Å². The van der Waals surface area contributed by atoms with E-state index in [0.29, 0.717) is 17.4 Å². The third-order valence-electron chi connectivity index (χ3n) is 4.86. The van der Waals surface area contributed by atoms with Crippen LogP contribution in [0.5, 0.6) is 5.75 Å². The second kappa shape index (κ2) is 5.53. The normalized spacial score (nSPS) is 22.0. The summed E-state index contributed by atoms with van der Waals surface area (Å²) >= 11 is 0. The Balaban J connectivity index is 1.88. The molecule has 0 unspecified atom stereocenters. The van der Waals surface area contributed by atoms with Gasteiger partial charge in [0.05, 0.1) is 18.3 Å². The smallest absolute Gasteiger partial charge is 0.494 e. The summed E-state index contributed by atoms with van der Waals surface area (Å²) in [6.45, 7) is 8.03. The number of ether oxygens (including phenoxy) is 1. The van der Waals surface area contributed by atoms with Gasteiger partial charge in [0.25, 0.3) is 5.91 Å². The quantitative estimate of drug-likeness (QED) is 0.862. The predicted molar refractivity (Wildman–Crippen MR) is 89.2 cm³/mol. The molecule has 1 N–H and O–H groups in total. The van der Waals surface area contributed by atoms with Crippen molar-refractivity contribution in [1.29, 1.82) is 0 Å². The molecular formula is C17H24BNO4. The zero-order valence-electron chi connectivity index (χ0n) is 14.4. The Bertz CT molecular complexity index is 609. The van der Waals surface area contributed by atoms with Crippen LogP contribution in [0.25, 0.3) is 0 Å². The van der Waals surface area contributed by atoms with Crippen molar-refractivity contribution in [3.05, 3.63) is 23.8 Å². The van der Waals surface area contributed by atoms with Gasteiger partial charge >= 0.3 is 7.12 Å². The summed E-state index contributed by atoms with van der Waals surface area (Å²) in [7, 11) is 1.08. The molecule has 1 saturated carbocycles. The highest BCUT2D eigenvalue weighted by atomic mass is 16.7. The zero-order valence-corrected chi connectivity index (χ0v) is 14.4. The van der Waals surface area contributed by atoms with E-state index in [9.17, 15) is 4.79 Å². The van der Waals surface area contributed by atoms with Gasteiger partial charge in [0.1, 0.15) is 5.75 Å². The van der Waals surface area contributed by atoms with Crippen molar-refractivity contribution in [3.63, 3.8) is 0 Å². The number of benzene rings is 1. The zero-order chi connectivity index (χ0) is 16.8. The maximum absolute atomic E-state index is 12.3. The maximum Gasteiger partial charge on any atom is 0.494 e. The minimum atomic E-state index is -0.512. The monoisotopic (exact) mass is 317 g/mol. The van der Waals surface area contributed by atoms with Crippen LogP contribution in [0.15, 0.2) is 18.2 Å². The number of carbonyl (C=O) groups is 1. The van der Waals surface area contributed by atoms with E-state index in [1.807, 2.05) is 39.8 Å². The summed E-state index contributed by atoms with van der Waals surface area (Å²) in [5.41, 5.74) is 0.527. The topological polar surface area (TPSA) is 56.8 Å². The molecule has 0 atom stereocenters. The number of carbonyl (C=O) groups excluding carboxylic acids is 1. The summed E-state index contributed by atoms with van der Waals surface area (Å²) in [6.07, 6.45) is 2.11. The van der Waals surface area contributed by atoms with Crippen LogP contribution in [0.1, 0.15) is 50.9 Å². The van der Waals surface area contributed by atoms with Gasteiger partial charge in [0.15, 0.2) is 0 Å². The Kier molecular flexibility index (Phi) is 3.93. The number of methoxy groups -OCH3 is 1. The first kappa shape index (κ1) is 16.3. The Morgan fingerprint density at radius 2 is 1.78 bits per heavy atom. The lowest BCUT2D eigenvalue weighted by molar-refractivity contribution is 0.00578. The molecule has 1 saturated heterocycles. The van der Waals surface area contributed by atoms with E-state index in [4.69, 9.17) is 14.0 Å². The highest BCUT2D eigenvalue weighted by Gasteiger charge is 2.51. The van der Waals surface area contributed by atoms with Gasteiger partial charge in [-0.05, 0) is 64.2 Å². The van der Waals surface area contributed by atoms with Crippen LogP contribution >= 0.6 is 0 Å². The number of rotatable bonds is 4. The predicted octanol–water partition coefficient (Wildman–Crippen LogP) is 1.89. The molecule has 0 bridgehead atoms. The van der Waals surface area contributed by atoms with Gasteiger partial charge in [-0.1, -0.05) is 0 Å². The molecule has 2 aliphatic rings. The summed E-state index contributed by atoms with van der Waals surface area (Å²) in [5, 5.41) is 3.00. The highest BCUT2D eigenvalue weighted by molar-refractivity contribution is 6.62. The lowest BCUT2D eigenvalue weighted by Crippen LogP contribution is -2.41. The van der Waals surface area contributed by atoms with Crippen molar-refractivity contribution in [2.24, 2.45) is 0 Å². The van der Waals surface area contributed by atoms with Gasteiger partial charge in [-0.2, -0.15) is 0 Å². The molecule has 1 amide bonds. The summed E-state index contributed by atoms with van der Waals surface area (Å²) in [4.78, 5) is 12.3. The van der Waals surface area contributed by atoms with Crippen molar-refractivity contribution < 1.29 is 18.8 Å². The minimum absolute atomic E-state index is 0.0795. The first-order valence-electron chi connectivity index (χ1n) is 8.07. The van der Waals surface area contributed by atoms with Crippen molar-refractivity contribution in [1.82, 2.24) is 5.32 Å². The van der Waals surface area contributed by atoms with E-state index >= 15 is 0 Å². The first-order chi connectivity index (χ1) is 10.7. The van der Waals surface area contributed by atoms with Crippen molar-refractivity contribution in [2.45, 2.75) is 57.8 Å². The Morgan fingerprint density at radius 1 is 1.17 bits per heavy atom. The maximum atomic E-state index is 12.3. The number of hydrogen-bond donors (Lipinski definition) is 1. The molecule has 1 heterocycles. The molecule has 1 aromatic carbocycles. The van der Waals surface area contributed by atoms with E-state index in [2.05, 4.69) is 5.32 Å². The van der Waals surface area contributed by atoms with E-state index in [-0.39, 0.29) is 5.91 Å². The van der Waals surface area contributed by atoms with Crippen LogP contribution in [-0.4, -0.2) is 37.4 Å². The summed E-state index contributed by atoms with van der Waals surface area (Å²) in [5.74, 6) is 0.544. The molecule has 124 valence electrons. The Morgan fingerprint density at radius 3 is 2.30 bits per heavy atom. The lowest BCUT2D eigenvalue weighted by atomic mass is 9.78. The van der Waals surface area contributed by atoms with E-state index in [0.717, 1.165) is 18.3 Å². The molecule has 23 heavy (non-hydrogen) atoms. The third-order valence-corrected chi connectivity index (χ3v) is 4.86. The molecule has 0 aromatic heterocycles. The molecule has 5 nitrogen and oxygen atoms in total. The average molecular weight is 317 g/mol. The first-order valence-corrected chi connectivity index (χ1v) is 8.07. The molecule has 1 aliphatic heterocycles. The van der Waals surface area contributed by atoms with E-state index in [1.54, 1.807) is 13.2 Å². The third kappa shape index (κ3) is 3.24. The van der Waals surface area contributed by atoms with Crippen molar-refractivity contribution in [3.8, 4) is 5.75 Å². The molecule has 2 fully saturated rings. The molecule has 1 aliphatic carbocycles. The van der Waals surface area contributed by atoms with Gasteiger partial charge in [0.2, 0.25) is 0 Å². The van der Waals surface area contributed by atoms with Crippen molar-refractivity contribution in [2.75, 3.05) is 7.11 Å². The molecule has 6 heteroatoms. The molecule has 1 aromatic rings. The molecule has 3 rings (SSSR count). The van der Waals surface area contributed by atoms with Crippen LogP contribution in [0.4, 0.5) is 0 Å². The van der Waals surface area contributed by atoms with E-state index in [1.165, 1.54) is 0 Å². The highest BCUT2D eigenvalue weighted by Crippen LogP contribution is 2.36. The van der Waals surface area contributed by atoms with Gasteiger partial charge in [-0.3, -0.25) is 4.79 Å². The fraction of sp³-hybridized carbons (Fsp3) is 0.588. The molecular weight excluding hydrogens is 293 g/mol. The van der Waals surface area contributed by atoms with Crippen molar-refractivity contribution >= 4 is 18.5 Å². The summed E-state index contributed by atoms with van der Waals surface area (Å²) < 4.78 is 17.5. The van der Waals surface area contributed by atoms with Gasteiger partial charge < -0.3 is 19.4 Å². The van der Waals surface area contributed by atoms with Gasteiger partial charge in [-0.15, -0.1) is 0 Å². The number of nitrogens with one attached hydrogen (secondary N) is 1. The van der Waals surface area contributed by atoms with Crippen LogP contribution in [0, 0.1) is 0 Å². The fourth-order valence-electron chi connectivity index (χ4n) is 2.48. The number of hydrogen-bond acceptors (Lipinski definition) is 4. The van der Waals surface area contributed by atoms with Crippen LogP contribution in [0.3, 0.4) is 0 Å². The minimum Gasteiger partial charge on any atom is -0.497 e. The molecule has 0 spiro atoms. The van der Waals surface area contributed by atoms with Crippen LogP contribution in [0.2, 0.25) is 0 Å².